The Morgan fingerprint density at radius 1 is 0.500 bits per heavy atom. The Bertz CT molecular complexity index is 1380. The van der Waals surface area contributed by atoms with Crippen molar-refractivity contribution in [2.45, 2.75) is 51.1 Å². The molecule has 0 saturated carbocycles. The lowest BCUT2D eigenvalue weighted by Gasteiger charge is -2.31. The zero-order valence-electron chi connectivity index (χ0n) is 27.4. The molecular weight excluding hydrogens is 616 g/mol. The van der Waals surface area contributed by atoms with E-state index >= 15 is 0 Å². The van der Waals surface area contributed by atoms with E-state index in [4.69, 9.17) is 13.6 Å². The van der Waals surface area contributed by atoms with Crippen LogP contribution in [0.15, 0.2) is 152 Å². The summed E-state index contributed by atoms with van der Waals surface area (Å²) in [6.07, 6.45) is 1.90. The van der Waals surface area contributed by atoms with Gasteiger partial charge in [0, 0.05) is 0 Å². The summed E-state index contributed by atoms with van der Waals surface area (Å²) in [4.78, 5) is 0. The van der Waals surface area contributed by atoms with Crippen LogP contribution in [-0.4, -0.2) is 35.5 Å². The van der Waals surface area contributed by atoms with Crippen LogP contribution in [0.5, 0.6) is 0 Å². The average molecular weight is 663 g/mol. The van der Waals surface area contributed by atoms with Gasteiger partial charge in [0.2, 0.25) is 0 Å². The maximum atomic E-state index is 6.60. The summed E-state index contributed by atoms with van der Waals surface area (Å²) in [6.45, 7) is 8.23. The maximum Gasteiger partial charge on any atom is 0.332 e. The highest BCUT2D eigenvalue weighted by Crippen LogP contribution is 2.42. The van der Waals surface area contributed by atoms with Crippen molar-refractivity contribution in [3.8, 4) is 0 Å². The van der Waals surface area contributed by atoms with Crippen LogP contribution in [0.3, 0.4) is 0 Å². The van der Waals surface area contributed by atoms with Crippen LogP contribution in [0.4, 0.5) is 0 Å². The van der Waals surface area contributed by atoms with Gasteiger partial charge in [0.1, 0.15) is 16.1 Å². The van der Waals surface area contributed by atoms with E-state index in [0.717, 1.165) is 24.9 Å². The first-order valence-electron chi connectivity index (χ1n) is 16.5. The third-order valence-corrected chi connectivity index (χ3v) is 19.3. The van der Waals surface area contributed by atoms with Crippen molar-refractivity contribution in [3.05, 3.63) is 157 Å². The number of hydrogen-bond donors (Lipinski definition) is 0. The zero-order chi connectivity index (χ0) is 32.1. The summed E-state index contributed by atoms with van der Waals surface area (Å²) >= 11 is 0. The van der Waals surface area contributed by atoms with Gasteiger partial charge < -0.3 is 13.6 Å². The van der Waals surface area contributed by atoms with Crippen LogP contribution in [0.25, 0.3) is 0 Å². The standard InChI is InChI=1S/C40H47O3PSi2/c1-35(29-30-36-19-9-4-10-20-36)43-44(41-31-33-45(2,37-21-11-5-12-22-37)38-23-13-6-14-24-38)42-32-34-46(3,39-25-15-7-16-26-39)40-27-17-8-18-28-40/h4-28,35H,29-34H2,1-3H3. The number of benzene rings is 5. The first-order chi connectivity index (χ1) is 22.5. The zero-order valence-corrected chi connectivity index (χ0v) is 30.3. The van der Waals surface area contributed by atoms with Crippen LogP contribution in [-0.2, 0) is 20.0 Å². The predicted octanol–water partition coefficient (Wildman–Crippen LogP) is 8.07. The quantitative estimate of drug-likeness (QED) is 0.0745. The van der Waals surface area contributed by atoms with Gasteiger partial charge in [0.15, 0.2) is 0 Å². The highest BCUT2D eigenvalue weighted by atomic mass is 31.2. The van der Waals surface area contributed by atoms with Crippen LogP contribution in [0.2, 0.25) is 25.2 Å². The predicted molar refractivity (Wildman–Crippen MR) is 201 cm³/mol. The molecule has 5 rings (SSSR count). The van der Waals surface area contributed by atoms with Crippen LogP contribution in [0.1, 0.15) is 18.9 Å². The van der Waals surface area contributed by atoms with Crippen molar-refractivity contribution in [1.29, 1.82) is 0 Å². The second-order valence-electron chi connectivity index (χ2n) is 12.5. The molecular formula is C40H47O3PSi2. The van der Waals surface area contributed by atoms with E-state index in [1.807, 2.05) is 0 Å². The molecule has 0 bridgehead atoms. The summed E-state index contributed by atoms with van der Waals surface area (Å²) in [7, 11) is -5.59. The van der Waals surface area contributed by atoms with Crippen LogP contribution in [0, 0.1) is 0 Å². The molecule has 0 aliphatic heterocycles. The van der Waals surface area contributed by atoms with Crippen LogP contribution >= 0.6 is 8.60 Å². The van der Waals surface area contributed by atoms with Gasteiger partial charge in [-0.25, -0.2) is 0 Å². The van der Waals surface area contributed by atoms with E-state index in [1.54, 1.807) is 0 Å². The largest absolute Gasteiger partial charge is 0.332 e. The maximum absolute atomic E-state index is 6.60. The first-order valence-corrected chi connectivity index (χ1v) is 23.0. The monoisotopic (exact) mass is 662 g/mol. The lowest BCUT2D eigenvalue weighted by molar-refractivity contribution is 0.128. The Kier molecular flexibility index (Phi) is 12.7. The van der Waals surface area contributed by atoms with Gasteiger partial charge in [-0.1, -0.05) is 186 Å². The Morgan fingerprint density at radius 3 is 1.17 bits per heavy atom. The van der Waals surface area contributed by atoms with Gasteiger partial charge in [0.05, 0.1) is 19.3 Å². The van der Waals surface area contributed by atoms with Gasteiger partial charge >= 0.3 is 8.60 Å². The lowest BCUT2D eigenvalue weighted by Crippen LogP contribution is -2.56. The van der Waals surface area contributed by atoms with Crippen molar-refractivity contribution in [1.82, 2.24) is 0 Å². The second kappa shape index (κ2) is 17.1. The molecule has 5 aromatic carbocycles. The third-order valence-electron chi connectivity index (χ3n) is 9.19. The van der Waals surface area contributed by atoms with Crippen molar-refractivity contribution in [3.63, 3.8) is 0 Å². The molecule has 0 saturated heterocycles. The Hall–Kier alpha value is -3.16. The lowest BCUT2D eigenvalue weighted by atomic mass is 10.1. The molecule has 0 radical (unpaired) electrons. The molecule has 1 atom stereocenters. The fourth-order valence-corrected chi connectivity index (χ4v) is 14.1. The van der Waals surface area contributed by atoms with Gasteiger partial charge in [0.25, 0.3) is 0 Å². The summed E-state index contributed by atoms with van der Waals surface area (Å²) in [5.41, 5.74) is 1.32. The van der Waals surface area contributed by atoms with Gasteiger partial charge in [-0.05, 0) is 37.4 Å². The van der Waals surface area contributed by atoms with Gasteiger partial charge in [-0.3, -0.25) is 0 Å². The smallest absolute Gasteiger partial charge is 0.313 e. The number of rotatable bonds is 17. The first kappa shape index (κ1) is 34.2. The minimum atomic E-state index is -2.04. The van der Waals surface area contributed by atoms with E-state index < -0.39 is 24.8 Å². The van der Waals surface area contributed by atoms with E-state index in [-0.39, 0.29) is 6.10 Å². The fraction of sp³-hybridized carbons (Fsp3) is 0.250. The number of hydrogen-bond acceptors (Lipinski definition) is 3. The molecule has 0 spiro atoms. The average Bonchev–Trinajstić information content (AvgIpc) is 3.12. The fourth-order valence-electron chi connectivity index (χ4n) is 6.10. The van der Waals surface area contributed by atoms with Gasteiger partial charge in [-0.15, -0.1) is 0 Å². The highest BCUT2D eigenvalue weighted by Gasteiger charge is 2.34. The summed E-state index contributed by atoms with van der Waals surface area (Å²) in [5.74, 6) is 0. The van der Waals surface area contributed by atoms with Crippen molar-refractivity contribution < 1.29 is 13.6 Å². The molecule has 0 amide bonds. The van der Waals surface area contributed by atoms with Crippen LogP contribution < -0.4 is 20.7 Å². The molecule has 3 nitrogen and oxygen atoms in total. The minimum Gasteiger partial charge on any atom is -0.313 e. The minimum absolute atomic E-state index is 0.0186. The third kappa shape index (κ3) is 9.22. The molecule has 1 unspecified atom stereocenters. The Balaban J connectivity index is 1.29. The molecule has 5 aromatic rings. The molecule has 0 aromatic heterocycles. The second-order valence-corrected chi connectivity index (χ2v) is 22.3. The molecule has 0 fully saturated rings. The van der Waals surface area contributed by atoms with Gasteiger partial charge in [-0.2, -0.15) is 0 Å². The molecule has 6 heteroatoms. The summed E-state index contributed by atoms with van der Waals surface area (Å²) in [6, 6.07) is 56.3. The molecule has 0 N–H and O–H groups in total. The van der Waals surface area contributed by atoms with Crippen molar-refractivity contribution in [2.24, 2.45) is 0 Å². The Morgan fingerprint density at radius 2 is 0.826 bits per heavy atom. The van der Waals surface area contributed by atoms with E-state index in [0.29, 0.717) is 13.2 Å². The summed E-state index contributed by atoms with van der Waals surface area (Å²) < 4.78 is 19.8. The Labute approximate surface area is 279 Å². The van der Waals surface area contributed by atoms with E-state index in [2.05, 4.69) is 172 Å². The molecule has 0 aliphatic carbocycles. The molecule has 0 heterocycles. The normalized spacial score (nSPS) is 12.7. The molecule has 238 valence electrons. The van der Waals surface area contributed by atoms with Crippen molar-refractivity contribution >= 4 is 45.5 Å². The molecule has 46 heavy (non-hydrogen) atoms. The van der Waals surface area contributed by atoms with E-state index in [1.165, 1.54) is 26.3 Å². The summed E-state index contributed by atoms with van der Waals surface area (Å²) in [5, 5.41) is 5.67. The topological polar surface area (TPSA) is 27.7 Å². The SMILES string of the molecule is CC(CCc1ccccc1)OP(OCC[Si](C)(c1ccccc1)c1ccccc1)OCC[Si](C)(c1ccccc1)c1ccccc1. The molecule has 0 aliphatic rings. The van der Waals surface area contributed by atoms with E-state index in [9.17, 15) is 0 Å². The highest BCUT2D eigenvalue weighted by molar-refractivity contribution is 7.41. The number of aryl methyl sites for hydroxylation is 1. The van der Waals surface area contributed by atoms with Crippen molar-refractivity contribution in [2.75, 3.05) is 13.2 Å².